The van der Waals surface area contributed by atoms with Gasteiger partial charge in [0.15, 0.2) is 0 Å². The molecule has 0 fully saturated rings. The standard InChI is InChI=1S/C67H73BN2O/c1-41-33-46-37-52(44(4)45-25-27-47(28-26-45)64(5,6)7)60-53-38-48(65(8,9)10)29-30-59(53)71-63(60)68-56-39-54-55(67(13,14)32-31-66(54,11)12)40-57(56)70(58(34-41)61(46)68)62-42(2)35-51(36-43(62)3)69(49-21-17-15-18-22-49)50-23-19-16-20-24-50/h15-30,33-36,38-40,44,52H,31-32,37H2,1-14H3/t44-,52?/m0/s1. The molecule has 8 aromatic rings. The summed E-state index contributed by atoms with van der Waals surface area (Å²) in [5, 5.41) is 1.27. The topological polar surface area (TPSA) is 19.6 Å². The minimum atomic E-state index is -0.0921. The number of furan rings is 1. The highest BCUT2D eigenvalue weighted by Gasteiger charge is 2.48. The van der Waals surface area contributed by atoms with Crippen LogP contribution in [0.2, 0.25) is 0 Å². The summed E-state index contributed by atoms with van der Waals surface area (Å²) in [6, 6.07) is 53.4. The molecule has 360 valence electrons. The van der Waals surface area contributed by atoms with Crippen LogP contribution in [0.15, 0.2) is 144 Å². The fourth-order valence-corrected chi connectivity index (χ4v) is 12.9. The van der Waals surface area contributed by atoms with Crippen LogP contribution in [-0.2, 0) is 28.1 Å². The third kappa shape index (κ3) is 7.87. The van der Waals surface area contributed by atoms with Crippen molar-refractivity contribution in [3.05, 3.63) is 195 Å². The zero-order valence-corrected chi connectivity index (χ0v) is 44.9. The zero-order chi connectivity index (χ0) is 50.1. The summed E-state index contributed by atoms with van der Waals surface area (Å²) < 4.78 is 7.58. The van der Waals surface area contributed by atoms with Crippen molar-refractivity contribution >= 4 is 68.4 Å². The van der Waals surface area contributed by atoms with Gasteiger partial charge in [0.25, 0.3) is 6.71 Å². The molecule has 3 aliphatic rings. The summed E-state index contributed by atoms with van der Waals surface area (Å²) >= 11 is 0. The van der Waals surface area contributed by atoms with Crippen LogP contribution in [-0.4, -0.2) is 6.71 Å². The number of hydrogen-bond acceptors (Lipinski definition) is 3. The van der Waals surface area contributed by atoms with E-state index < -0.39 is 0 Å². The highest BCUT2D eigenvalue weighted by atomic mass is 16.3. The lowest BCUT2D eigenvalue weighted by Crippen LogP contribution is -2.58. The van der Waals surface area contributed by atoms with Crippen LogP contribution in [0.1, 0.15) is 156 Å². The van der Waals surface area contributed by atoms with Crippen LogP contribution in [0.5, 0.6) is 0 Å². The second-order valence-corrected chi connectivity index (χ2v) is 25.1. The number of nitrogens with zero attached hydrogens (tertiary/aromatic N) is 2. The number of benzene rings is 7. The van der Waals surface area contributed by atoms with Gasteiger partial charge in [-0.05, 0) is 201 Å². The first kappa shape index (κ1) is 47.1. The third-order valence-corrected chi connectivity index (χ3v) is 17.1. The van der Waals surface area contributed by atoms with Crippen molar-refractivity contribution in [3.63, 3.8) is 0 Å². The first-order valence-electron chi connectivity index (χ1n) is 26.4. The van der Waals surface area contributed by atoms with Crippen molar-refractivity contribution in [2.45, 2.75) is 150 Å². The largest absolute Gasteiger partial charge is 0.470 e. The molecule has 0 spiro atoms. The number of hydrogen-bond donors (Lipinski definition) is 0. The minimum Gasteiger partial charge on any atom is -0.470 e. The van der Waals surface area contributed by atoms with E-state index in [4.69, 9.17) is 4.42 Å². The lowest BCUT2D eigenvalue weighted by molar-refractivity contribution is 0.332. The van der Waals surface area contributed by atoms with Gasteiger partial charge in [-0.1, -0.05) is 155 Å². The normalized spacial score (nSPS) is 17.2. The van der Waals surface area contributed by atoms with Crippen LogP contribution in [0.4, 0.5) is 34.1 Å². The molecule has 1 aliphatic carbocycles. The Balaban J connectivity index is 1.20. The first-order chi connectivity index (χ1) is 33.6. The van der Waals surface area contributed by atoms with E-state index in [1.165, 1.54) is 89.0 Å². The van der Waals surface area contributed by atoms with Gasteiger partial charge in [0, 0.05) is 33.8 Å². The SMILES string of the molecule is Cc1cc2c3c(c1)N(c1c(C)cc(N(c4ccccc4)c4ccccc4)cc1C)c1cc4c(cc1B3c1oc3ccc(C(C)(C)C)cc3c1C([C@@H](C)c1ccc(C(C)(C)C)cc1)C2)C(C)(C)CCC4(C)C. The molecule has 1 aromatic heterocycles. The molecule has 7 aromatic carbocycles. The molecule has 0 radical (unpaired) electrons. The molecule has 3 heterocycles. The van der Waals surface area contributed by atoms with Gasteiger partial charge >= 0.3 is 0 Å². The number of fused-ring (bicyclic) bond motifs is 7. The summed E-state index contributed by atoms with van der Waals surface area (Å²) in [6.07, 6.45) is 3.22. The van der Waals surface area contributed by atoms with Crippen molar-refractivity contribution in [3.8, 4) is 0 Å². The van der Waals surface area contributed by atoms with Crippen molar-refractivity contribution in [2.24, 2.45) is 0 Å². The summed E-state index contributed by atoms with van der Waals surface area (Å²) in [7, 11) is 0. The molecule has 71 heavy (non-hydrogen) atoms. The van der Waals surface area contributed by atoms with Crippen LogP contribution >= 0.6 is 0 Å². The van der Waals surface area contributed by atoms with Crippen molar-refractivity contribution in [2.75, 3.05) is 9.80 Å². The van der Waals surface area contributed by atoms with Gasteiger partial charge in [-0.25, -0.2) is 0 Å². The summed E-state index contributed by atoms with van der Waals surface area (Å²) in [5.74, 6) is 0.402. The monoisotopic (exact) mass is 933 g/mol. The second kappa shape index (κ2) is 16.7. The fourth-order valence-electron chi connectivity index (χ4n) is 12.9. The smallest absolute Gasteiger partial charge is 0.292 e. The molecule has 11 rings (SSSR count). The van der Waals surface area contributed by atoms with E-state index in [1.54, 1.807) is 0 Å². The van der Waals surface area contributed by atoms with Gasteiger partial charge in [-0.3, -0.25) is 0 Å². The molecular formula is C67H73BN2O. The number of anilines is 6. The summed E-state index contributed by atoms with van der Waals surface area (Å²) in [6.45, 7) is 33.2. The van der Waals surface area contributed by atoms with Crippen LogP contribution in [0, 0.1) is 20.8 Å². The van der Waals surface area contributed by atoms with Gasteiger partial charge in [0.1, 0.15) is 5.58 Å². The van der Waals surface area contributed by atoms with Gasteiger partial charge in [0.05, 0.1) is 11.3 Å². The molecule has 2 atom stereocenters. The van der Waals surface area contributed by atoms with E-state index in [-0.39, 0.29) is 40.2 Å². The average molecular weight is 933 g/mol. The molecule has 0 saturated carbocycles. The Morgan fingerprint density at radius 2 is 1.18 bits per heavy atom. The Morgan fingerprint density at radius 1 is 0.620 bits per heavy atom. The molecule has 0 N–H and O–H groups in total. The second-order valence-electron chi connectivity index (χ2n) is 25.1. The van der Waals surface area contributed by atoms with Crippen molar-refractivity contribution in [1.29, 1.82) is 0 Å². The lowest BCUT2D eigenvalue weighted by atomic mass is 9.35. The van der Waals surface area contributed by atoms with Gasteiger partial charge in [-0.15, -0.1) is 0 Å². The van der Waals surface area contributed by atoms with Gasteiger partial charge in [-0.2, -0.15) is 0 Å². The minimum absolute atomic E-state index is 0.0138. The molecule has 0 amide bonds. The van der Waals surface area contributed by atoms with Crippen molar-refractivity contribution in [1.82, 2.24) is 0 Å². The van der Waals surface area contributed by atoms with E-state index in [2.05, 4.69) is 246 Å². The highest BCUT2D eigenvalue weighted by molar-refractivity contribution is 6.98. The maximum Gasteiger partial charge on any atom is 0.292 e. The third-order valence-electron chi connectivity index (χ3n) is 17.1. The Hall–Kier alpha value is -6.26. The fraction of sp³-hybridized carbons (Fsp3) is 0.343. The molecule has 2 aliphatic heterocycles. The van der Waals surface area contributed by atoms with Gasteiger partial charge in [0.2, 0.25) is 0 Å². The van der Waals surface area contributed by atoms with Gasteiger partial charge < -0.3 is 14.2 Å². The Kier molecular flexibility index (Phi) is 11.0. The number of para-hydroxylation sites is 2. The summed E-state index contributed by atoms with van der Waals surface area (Å²) in [4.78, 5) is 5.09. The molecule has 4 heteroatoms. The molecule has 0 saturated heterocycles. The summed E-state index contributed by atoms with van der Waals surface area (Å²) in [5.41, 5.74) is 25.8. The van der Waals surface area contributed by atoms with E-state index >= 15 is 0 Å². The van der Waals surface area contributed by atoms with E-state index in [0.29, 0.717) is 0 Å². The van der Waals surface area contributed by atoms with E-state index in [9.17, 15) is 0 Å². The van der Waals surface area contributed by atoms with Crippen molar-refractivity contribution < 1.29 is 4.42 Å². The number of rotatable bonds is 6. The lowest BCUT2D eigenvalue weighted by Gasteiger charge is -2.45. The molecular weight excluding hydrogens is 860 g/mol. The molecule has 1 unspecified atom stereocenters. The first-order valence-corrected chi connectivity index (χ1v) is 26.4. The Morgan fingerprint density at radius 3 is 1.76 bits per heavy atom. The Labute approximate surface area is 425 Å². The maximum atomic E-state index is 7.58. The Bertz CT molecular complexity index is 3300. The molecule has 0 bridgehead atoms. The van der Waals surface area contributed by atoms with Crippen LogP contribution in [0.25, 0.3) is 11.0 Å². The van der Waals surface area contributed by atoms with Crippen LogP contribution in [0.3, 0.4) is 0 Å². The average Bonchev–Trinajstić information content (AvgIpc) is 3.63. The predicted molar refractivity (Wildman–Crippen MR) is 305 cm³/mol. The predicted octanol–water partition coefficient (Wildman–Crippen LogP) is 16.5. The zero-order valence-electron chi connectivity index (χ0n) is 44.9. The quantitative estimate of drug-likeness (QED) is 0.155. The molecule has 3 nitrogen and oxygen atoms in total. The number of aryl methyl sites for hydroxylation is 3. The maximum absolute atomic E-state index is 7.58. The highest BCUT2D eigenvalue weighted by Crippen LogP contribution is 2.52. The van der Waals surface area contributed by atoms with E-state index in [0.717, 1.165) is 47.6 Å². The van der Waals surface area contributed by atoms with Crippen LogP contribution < -0.4 is 26.4 Å². The van der Waals surface area contributed by atoms with E-state index in [1.807, 2.05) is 0 Å².